The van der Waals surface area contributed by atoms with Gasteiger partial charge in [0, 0.05) is 63.5 Å². The summed E-state index contributed by atoms with van der Waals surface area (Å²) in [6.07, 6.45) is 0.581. The lowest BCUT2D eigenvalue weighted by Gasteiger charge is -2.21. The Hall–Kier alpha value is -10.9. The van der Waals surface area contributed by atoms with Crippen LogP contribution in [0.15, 0.2) is 72.8 Å². The third-order valence-corrected chi connectivity index (χ3v) is 14.8. The lowest BCUT2D eigenvalue weighted by Crippen LogP contribution is -2.43. The molecule has 0 heterocycles. The summed E-state index contributed by atoms with van der Waals surface area (Å²) in [6, 6.07) is 13.5. The van der Waals surface area contributed by atoms with Gasteiger partial charge in [0.05, 0.1) is 74.9 Å². The molecule has 4 rings (SSSR count). The van der Waals surface area contributed by atoms with Crippen LogP contribution in [0.25, 0.3) is 0 Å². The number of nitrogens with one attached hydrogen (secondary N) is 12. The number of carbonyl (C=O) groups excluding carboxylic acids is 9. The van der Waals surface area contributed by atoms with E-state index in [1.165, 1.54) is 90.0 Å². The summed E-state index contributed by atoms with van der Waals surface area (Å²) in [5.41, 5.74) is 34.8. The van der Waals surface area contributed by atoms with Gasteiger partial charge < -0.3 is 95.9 Å². The van der Waals surface area contributed by atoms with Crippen LogP contribution in [0.4, 0.5) is 5.69 Å². The van der Waals surface area contributed by atoms with E-state index >= 15 is 0 Å². The zero-order valence-corrected chi connectivity index (χ0v) is 53.4. The number of ketones is 4. The van der Waals surface area contributed by atoms with Crippen LogP contribution in [0.5, 0.6) is 23.0 Å². The molecule has 0 aliphatic heterocycles. The van der Waals surface area contributed by atoms with E-state index in [0.29, 0.717) is 36.1 Å². The predicted molar refractivity (Wildman–Crippen MR) is 352 cm³/mol. The number of primary amides is 1. The van der Waals surface area contributed by atoms with Gasteiger partial charge in [0.2, 0.25) is 11.8 Å². The Morgan fingerprint density at radius 1 is 0.447 bits per heavy atom. The molecule has 4 aromatic rings. The van der Waals surface area contributed by atoms with E-state index in [2.05, 4.69) is 42.5 Å². The van der Waals surface area contributed by atoms with E-state index in [1.807, 2.05) is 0 Å². The largest absolute Gasteiger partial charge is 0.496 e. The van der Waals surface area contributed by atoms with Crippen molar-refractivity contribution < 1.29 is 62.1 Å². The number of benzene rings is 4. The molecule has 0 saturated carbocycles. The molecule has 24 N–H and O–H groups in total. The van der Waals surface area contributed by atoms with Crippen LogP contribution in [0.1, 0.15) is 123 Å². The summed E-state index contributed by atoms with van der Waals surface area (Å²) in [4.78, 5) is 124. The van der Waals surface area contributed by atoms with Gasteiger partial charge in [-0.2, -0.15) is 0 Å². The maximum atomic E-state index is 14.4. The van der Waals surface area contributed by atoms with Gasteiger partial charge in [0.25, 0.3) is 17.7 Å². The summed E-state index contributed by atoms with van der Waals surface area (Å²) in [5, 5.41) is 51.7. The Morgan fingerprint density at radius 3 is 1.23 bits per heavy atom. The molecule has 0 radical (unpaired) electrons. The lowest BCUT2D eigenvalue weighted by molar-refractivity contribution is -0.129. The molecule has 0 aromatic heterocycles. The maximum absolute atomic E-state index is 14.4. The van der Waals surface area contributed by atoms with Crippen LogP contribution in [0.3, 0.4) is 0 Å². The number of methoxy groups -OCH3 is 4. The number of amides is 5. The average Bonchev–Trinajstić information content (AvgIpc) is 0.848. The van der Waals surface area contributed by atoms with Crippen molar-refractivity contribution in [3.05, 3.63) is 112 Å². The van der Waals surface area contributed by atoms with E-state index < -0.39 is 82.8 Å². The second-order valence-electron chi connectivity index (χ2n) is 21.9. The molecule has 4 aromatic carbocycles. The molecular weight excluding hydrogens is 1220 g/mol. The minimum atomic E-state index is -1.18. The predicted octanol–water partition coefficient (Wildman–Crippen LogP) is 0.465. The smallest absolute Gasteiger partial charge is 0.255 e. The standard InChI is InChI=1S/C63H88N18O13/c1-34(78-56(87)38(10-6-22-74-60(66)67)32-48(83)40-33-39(17-21-51(40)91-2)79-59(90)44(64)11-7-23-75-61(68)69)47(82)29-36-15-19-53(93-4)42(27-36)57(88)81-46(13-9-25-77-63(72)73)50(85)31-37-16-20-54(94-5)43(28-37)58(89)80-45(12-8-24-76-62(70)71)49(84)30-35-14-18-52(92-3)41(26-35)55(65)86/h14-21,26-28,33-34,38,44-46H,6-13,22-25,29-32,64H2,1-5H3,(H2,65,86)(H,78,87)(H,79,90)(H,80,89)(H,81,88)(H4,66,67,74)(H4,68,69,75)(H4,70,71,76)(H4,72,73,77)/t34-,38-,44+,45+,46+/m0/s1. The number of Topliss-reactive ketones (excluding diaryl/α,β-unsaturated/α-hetero) is 4. The summed E-state index contributed by atoms with van der Waals surface area (Å²) >= 11 is 0. The van der Waals surface area contributed by atoms with Crippen LogP contribution in [-0.4, -0.2) is 155 Å². The van der Waals surface area contributed by atoms with Crippen LogP contribution >= 0.6 is 0 Å². The maximum Gasteiger partial charge on any atom is 0.255 e. The molecule has 0 fully saturated rings. The van der Waals surface area contributed by atoms with Crippen molar-refractivity contribution in [3.63, 3.8) is 0 Å². The Morgan fingerprint density at radius 2 is 0.819 bits per heavy atom. The van der Waals surface area contributed by atoms with E-state index in [0.717, 1.165) is 0 Å². The summed E-state index contributed by atoms with van der Waals surface area (Å²) in [7, 11) is 5.38. The monoisotopic (exact) mass is 1300 g/mol. The SMILES string of the molecule is COc1ccc(CC(=O)[C@@H](CCCNC(=N)N)NC(=O)c2cc(CC(=O)[C@@H](CCCNC(=N)N)NC(=O)c3cc(CC(=O)[C@H](C)NC(=O)[C@@H](CCCNC(=N)N)CC(=O)c4cc(NC(=O)[C@H](N)CCCNC(=N)N)ccc4OC)ccc3OC)ccc2OC)cc1C(N)=O. The molecule has 94 heavy (non-hydrogen) atoms. The molecule has 31 heteroatoms. The van der Waals surface area contributed by atoms with Gasteiger partial charge in [-0.15, -0.1) is 0 Å². The molecule has 508 valence electrons. The van der Waals surface area contributed by atoms with Gasteiger partial charge in [-0.3, -0.25) is 64.8 Å². The van der Waals surface area contributed by atoms with Gasteiger partial charge in [-0.25, -0.2) is 0 Å². The zero-order valence-electron chi connectivity index (χ0n) is 53.4. The fourth-order valence-corrected chi connectivity index (χ4v) is 9.86. The quantitative estimate of drug-likeness (QED) is 0.0124. The first-order valence-corrected chi connectivity index (χ1v) is 30.1. The van der Waals surface area contributed by atoms with E-state index in [9.17, 15) is 43.2 Å². The fourth-order valence-electron chi connectivity index (χ4n) is 9.86. The molecule has 0 bridgehead atoms. The minimum Gasteiger partial charge on any atom is -0.496 e. The molecule has 0 spiro atoms. The van der Waals surface area contributed by atoms with Gasteiger partial charge in [-0.05, 0) is 130 Å². The highest BCUT2D eigenvalue weighted by atomic mass is 16.5. The molecule has 0 unspecified atom stereocenters. The van der Waals surface area contributed by atoms with Gasteiger partial charge in [0.1, 0.15) is 23.0 Å². The van der Waals surface area contributed by atoms with E-state index in [4.69, 9.17) is 75.0 Å². The number of carbonyl (C=O) groups is 9. The first-order chi connectivity index (χ1) is 44.7. The number of nitrogens with two attached hydrogens (primary N) is 6. The van der Waals surface area contributed by atoms with Crippen molar-refractivity contribution in [3.8, 4) is 23.0 Å². The van der Waals surface area contributed by atoms with Crippen LogP contribution < -0.4 is 95.9 Å². The van der Waals surface area contributed by atoms with E-state index in [1.54, 1.807) is 18.2 Å². The summed E-state index contributed by atoms with van der Waals surface area (Å²) < 4.78 is 21.8. The van der Waals surface area contributed by atoms with Crippen molar-refractivity contribution in [1.82, 2.24) is 37.2 Å². The molecule has 31 nitrogen and oxygen atoms in total. The van der Waals surface area contributed by atoms with E-state index in [-0.39, 0.29) is 159 Å². The number of anilines is 1. The third-order valence-electron chi connectivity index (χ3n) is 14.8. The zero-order chi connectivity index (χ0) is 69.6. The molecule has 0 saturated heterocycles. The number of rotatable bonds is 41. The van der Waals surface area contributed by atoms with Crippen molar-refractivity contribution in [1.29, 1.82) is 21.6 Å². The van der Waals surface area contributed by atoms with Gasteiger partial charge in [-0.1, -0.05) is 18.2 Å². The number of hydrogen-bond acceptors (Lipinski definition) is 18. The highest BCUT2D eigenvalue weighted by molar-refractivity contribution is 6.05. The molecule has 0 aliphatic carbocycles. The van der Waals surface area contributed by atoms with Crippen molar-refractivity contribution in [2.75, 3.05) is 59.9 Å². The van der Waals surface area contributed by atoms with Crippen LogP contribution in [-0.2, 0) is 43.2 Å². The second-order valence-corrected chi connectivity index (χ2v) is 21.9. The highest BCUT2D eigenvalue weighted by Crippen LogP contribution is 2.29. The van der Waals surface area contributed by atoms with Gasteiger partial charge >= 0.3 is 0 Å². The Bertz CT molecular complexity index is 3420. The van der Waals surface area contributed by atoms with Crippen LogP contribution in [0.2, 0.25) is 0 Å². The average molecular weight is 1310 g/mol. The summed E-state index contributed by atoms with van der Waals surface area (Å²) in [6.45, 7) is 2.35. The molecular formula is C63H88N18O13. The first-order valence-electron chi connectivity index (χ1n) is 30.1. The minimum absolute atomic E-state index is 0.0307. The normalized spacial score (nSPS) is 12.3. The topological polar surface area (TPSA) is 538 Å². The lowest BCUT2D eigenvalue weighted by atomic mass is 9.92. The highest BCUT2D eigenvalue weighted by Gasteiger charge is 2.30. The number of hydrogen-bond donors (Lipinski definition) is 18. The first kappa shape index (κ1) is 75.6. The Balaban J connectivity index is 1.54. The third kappa shape index (κ3) is 24.7. The molecule has 0 aliphatic rings. The van der Waals surface area contributed by atoms with Crippen molar-refractivity contribution in [2.45, 2.75) is 108 Å². The Kier molecular flexibility index (Phi) is 30.7. The Labute approximate surface area is 544 Å². The molecule has 5 atom stereocenters. The van der Waals surface area contributed by atoms with Gasteiger partial charge in [0.15, 0.2) is 47.0 Å². The van der Waals surface area contributed by atoms with Crippen molar-refractivity contribution in [2.24, 2.45) is 40.3 Å². The fraction of sp³-hybridized carbons (Fsp3) is 0.413. The number of guanidine groups is 4. The second kappa shape index (κ2) is 38.1. The van der Waals surface area contributed by atoms with Crippen molar-refractivity contribution >= 4 is 82.2 Å². The molecule has 5 amide bonds. The van der Waals surface area contributed by atoms with Crippen LogP contribution in [0, 0.1) is 27.6 Å². The summed E-state index contributed by atoms with van der Waals surface area (Å²) in [5.74, 6) is -6.93. The number of ether oxygens (including phenoxy) is 4.